The Morgan fingerprint density at radius 3 is 2.31 bits per heavy atom. The summed E-state index contributed by atoms with van der Waals surface area (Å²) in [5.74, 6) is -1.09. The van der Waals surface area contributed by atoms with Gasteiger partial charge < -0.3 is 10.6 Å². The number of halogens is 1. The second-order valence-corrected chi connectivity index (χ2v) is 8.31. The first kappa shape index (κ1) is 23.9. The Balaban J connectivity index is 1.54. The number of fused-ring (bicyclic) bond motifs is 1. The molecule has 0 fully saturated rings. The van der Waals surface area contributed by atoms with Crippen LogP contribution in [-0.2, 0) is 24.3 Å². The van der Waals surface area contributed by atoms with Gasteiger partial charge in [0.05, 0.1) is 5.56 Å². The molecule has 8 nitrogen and oxygen atoms in total. The number of amides is 2. The van der Waals surface area contributed by atoms with E-state index in [0.717, 1.165) is 22.2 Å². The van der Waals surface area contributed by atoms with Crippen LogP contribution in [0.15, 0.2) is 59.7 Å². The molecule has 2 heterocycles. The lowest BCUT2D eigenvalue weighted by Crippen LogP contribution is -2.30. The molecule has 0 unspecified atom stereocenters. The van der Waals surface area contributed by atoms with Crippen molar-refractivity contribution in [3.63, 3.8) is 0 Å². The molecule has 0 atom stereocenters. The normalized spacial score (nSPS) is 11.0. The van der Waals surface area contributed by atoms with Gasteiger partial charge in [-0.1, -0.05) is 31.2 Å². The molecule has 2 amide bonds. The number of hydrogen-bond acceptors (Lipinski definition) is 4. The van der Waals surface area contributed by atoms with Crippen molar-refractivity contribution < 1.29 is 14.0 Å². The highest BCUT2D eigenvalue weighted by Gasteiger charge is 2.22. The van der Waals surface area contributed by atoms with Gasteiger partial charge in [0, 0.05) is 17.9 Å². The molecule has 0 aliphatic heterocycles. The van der Waals surface area contributed by atoms with E-state index in [4.69, 9.17) is 0 Å². The molecule has 0 radical (unpaired) electrons. The van der Waals surface area contributed by atoms with Crippen LogP contribution in [-0.4, -0.2) is 26.0 Å². The van der Waals surface area contributed by atoms with E-state index in [2.05, 4.69) is 15.7 Å². The van der Waals surface area contributed by atoms with Gasteiger partial charge in [-0.3, -0.25) is 18.8 Å². The average Bonchev–Trinajstić information content (AvgIpc) is 3.11. The first-order chi connectivity index (χ1) is 16.8. The first-order valence-corrected chi connectivity index (χ1v) is 11.3. The molecule has 2 aromatic carbocycles. The summed E-state index contributed by atoms with van der Waals surface area (Å²) in [4.78, 5) is 38.6. The highest BCUT2D eigenvalue weighted by atomic mass is 19.1. The van der Waals surface area contributed by atoms with Crippen LogP contribution in [0.2, 0.25) is 0 Å². The quantitative estimate of drug-likeness (QED) is 0.428. The predicted molar refractivity (Wildman–Crippen MR) is 131 cm³/mol. The summed E-state index contributed by atoms with van der Waals surface area (Å²) in [5, 5.41) is 9.71. The van der Waals surface area contributed by atoms with Crippen LogP contribution in [0.25, 0.3) is 5.52 Å². The van der Waals surface area contributed by atoms with Gasteiger partial charge in [-0.2, -0.15) is 5.10 Å². The third-order valence-electron chi connectivity index (χ3n) is 5.97. The van der Waals surface area contributed by atoms with E-state index in [9.17, 15) is 18.8 Å². The second-order valence-electron chi connectivity index (χ2n) is 8.31. The zero-order chi connectivity index (χ0) is 25.1. The van der Waals surface area contributed by atoms with Gasteiger partial charge in [0.1, 0.15) is 24.2 Å². The van der Waals surface area contributed by atoms with Crippen molar-refractivity contribution in [3.05, 3.63) is 99.0 Å². The average molecular weight is 476 g/mol. The number of nitrogens with zero attached hydrogens (tertiary/aromatic N) is 3. The minimum atomic E-state index is -0.470. The predicted octanol–water partition coefficient (Wildman–Crippen LogP) is 3.38. The molecule has 180 valence electrons. The van der Waals surface area contributed by atoms with Gasteiger partial charge in [-0.05, 0) is 61.2 Å². The fourth-order valence-electron chi connectivity index (χ4n) is 4.04. The minimum absolute atomic E-state index is 0.214. The summed E-state index contributed by atoms with van der Waals surface area (Å²) in [6.45, 7) is 5.42. The summed E-state index contributed by atoms with van der Waals surface area (Å²) < 4.78 is 15.7. The van der Waals surface area contributed by atoms with Crippen molar-refractivity contribution in [2.24, 2.45) is 0 Å². The Hall–Kier alpha value is -4.27. The van der Waals surface area contributed by atoms with Gasteiger partial charge in [-0.15, -0.1) is 0 Å². The number of aromatic nitrogens is 3. The molecule has 4 aromatic rings. The zero-order valence-corrected chi connectivity index (χ0v) is 19.8. The Bertz CT molecular complexity index is 1450. The van der Waals surface area contributed by atoms with Gasteiger partial charge >= 0.3 is 0 Å². The number of carbonyl (C=O) groups is 2. The van der Waals surface area contributed by atoms with Crippen LogP contribution < -0.4 is 16.2 Å². The van der Waals surface area contributed by atoms with Crippen LogP contribution in [0.3, 0.4) is 0 Å². The van der Waals surface area contributed by atoms with Crippen molar-refractivity contribution in [3.8, 4) is 0 Å². The molecule has 0 spiro atoms. The maximum atomic E-state index is 13.2. The third kappa shape index (κ3) is 4.98. The molecule has 35 heavy (non-hydrogen) atoms. The molecule has 9 heteroatoms. The Kier molecular flexibility index (Phi) is 6.77. The molecule has 0 saturated heterocycles. The van der Waals surface area contributed by atoms with Crippen LogP contribution >= 0.6 is 0 Å². The van der Waals surface area contributed by atoms with Crippen molar-refractivity contribution >= 4 is 23.0 Å². The van der Waals surface area contributed by atoms with Gasteiger partial charge in [0.25, 0.3) is 11.5 Å². The van der Waals surface area contributed by atoms with Crippen molar-refractivity contribution in [2.45, 2.75) is 40.3 Å². The molecule has 0 aliphatic rings. The zero-order valence-electron chi connectivity index (χ0n) is 19.8. The number of anilines is 1. The molecular weight excluding hydrogens is 449 g/mol. The second kappa shape index (κ2) is 9.92. The molecule has 0 bridgehead atoms. The lowest BCUT2D eigenvalue weighted by molar-refractivity contribution is -0.117. The van der Waals surface area contributed by atoms with Gasteiger partial charge in [0.2, 0.25) is 5.91 Å². The number of benzene rings is 2. The number of carbonyl (C=O) groups excluding carboxylic acids is 2. The fraction of sp³-hybridized carbons (Fsp3) is 0.231. The molecular formula is C26H26FN5O3. The van der Waals surface area contributed by atoms with E-state index >= 15 is 0 Å². The van der Waals surface area contributed by atoms with E-state index in [0.29, 0.717) is 22.5 Å². The number of aryl methyl sites for hydroxylation is 3. The van der Waals surface area contributed by atoms with Crippen molar-refractivity contribution in [2.75, 3.05) is 5.32 Å². The topological polar surface area (TPSA) is 97.5 Å². The first-order valence-electron chi connectivity index (χ1n) is 11.3. The summed E-state index contributed by atoms with van der Waals surface area (Å²) in [6, 6.07) is 13.3. The standard InChI is InChI=1S/C26H26FN5O3/c1-4-18-7-11-21(12-8-18)30-22(33)14-32-26(35)24-16(2)23(17(3)31(24)15-29-32)25(34)28-13-19-5-9-20(27)10-6-19/h5-12,15H,4,13-14H2,1-3H3,(H,28,34)(H,30,33). The minimum Gasteiger partial charge on any atom is -0.348 e. The molecule has 0 saturated carbocycles. The summed E-state index contributed by atoms with van der Waals surface area (Å²) >= 11 is 0. The highest BCUT2D eigenvalue weighted by Crippen LogP contribution is 2.20. The van der Waals surface area contributed by atoms with E-state index in [-0.39, 0.29) is 36.2 Å². The van der Waals surface area contributed by atoms with Crippen LogP contribution in [0.4, 0.5) is 10.1 Å². The summed E-state index contributed by atoms with van der Waals surface area (Å²) in [6.07, 6.45) is 2.33. The molecule has 4 rings (SSSR count). The van der Waals surface area contributed by atoms with Crippen LogP contribution in [0, 0.1) is 19.7 Å². The summed E-state index contributed by atoms with van der Waals surface area (Å²) in [5.41, 5.74) is 3.77. The number of nitrogens with one attached hydrogen (secondary N) is 2. The summed E-state index contributed by atoms with van der Waals surface area (Å²) in [7, 11) is 0. The molecule has 2 N–H and O–H groups in total. The van der Waals surface area contributed by atoms with Crippen molar-refractivity contribution in [1.82, 2.24) is 19.5 Å². The molecule has 0 aliphatic carbocycles. The largest absolute Gasteiger partial charge is 0.348 e. The van der Waals surface area contributed by atoms with E-state index in [1.807, 2.05) is 31.2 Å². The fourth-order valence-corrected chi connectivity index (χ4v) is 4.04. The Morgan fingerprint density at radius 2 is 1.66 bits per heavy atom. The van der Waals surface area contributed by atoms with Crippen LogP contribution in [0.5, 0.6) is 0 Å². The van der Waals surface area contributed by atoms with E-state index < -0.39 is 5.56 Å². The third-order valence-corrected chi connectivity index (χ3v) is 5.97. The lowest BCUT2D eigenvalue weighted by atomic mass is 10.1. The Labute approximate surface area is 201 Å². The lowest BCUT2D eigenvalue weighted by Gasteiger charge is -2.08. The number of hydrogen-bond donors (Lipinski definition) is 2. The smallest absolute Gasteiger partial charge is 0.291 e. The molecule has 2 aromatic heterocycles. The monoisotopic (exact) mass is 475 g/mol. The maximum absolute atomic E-state index is 13.2. The SMILES string of the molecule is CCc1ccc(NC(=O)Cn2ncn3c(C)c(C(=O)NCc4ccc(F)cc4)c(C)c3c2=O)cc1. The van der Waals surface area contributed by atoms with E-state index in [1.165, 1.54) is 18.5 Å². The van der Waals surface area contributed by atoms with Gasteiger partial charge in [-0.25, -0.2) is 9.07 Å². The highest BCUT2D eigenvalue weighted by molar-refractivity contribution is 5.99. The van der Waals surface area contributed by atoms with Crippen LogP contribution in [0.1, 0.15) is 39.7 Å². The van der Waals surface area contributed by atoms with Gasteiger partial charge in [0.15, 0.2) is 0 Å². The van der Waals surface area contributed by atoms with Crippen molar-refractivity contribution in [1.29, 1.82) is 0 Å². The maximum Gasteiger partial charge on any atom is 0.291 e. The number of rotatable bonds is 7. The Morgan fingerprint density at radius 1 is 1.00 bits per heavy atom. The van der Waals surface area contributed by atoms with E-state index in [1.54, 1.807) is 30.4 Å².